The van der Waals surface area contributed by atoms with Crippen molar-refractivity contribution in [2.24, 2.45) is 5.92 Å². The summed E-state index contributed by atoms with van der Waals surface area (Å²) in [7, 11) is -4.13. The van der Waals surface area contributed by atoms with E-state index in [1.54, 1.807) is 6.07 Å². The van der Waals surface area contributed by atoms with E-state index in [2.05, 4.69) is 10.3 Å². The highest BCUT2D eigenvalue weighted by Gasteiger charge is 2.42. The molecule has 190 valence electrons. The van der Waals surface area contributed by atoms with E-state index < -0.39 is 34.9 Å². The van der Waals surface area contributed by atoms with E-state index in [0.29, 0.717) is 6.42 Å². The Balaban J connectivity index is 1.70. The molecular weight excluding hydrogens is 519 g/mol. The SMILES string of the molecule is C[C@H]1CC[C@H](CO)N(S(=O)(=O)N2C[C@H](CO)Oc3ncc(NC(=O)c4c(Cl)cccc4Cl)cc32)C1. The number of aliphatic hydroxyl groups is 2. The average molecular weight is 545 g/mol. The first kappa shape index (κ1) is 25.9. The molecule has 2 aromatic rings. The third-order valence-electron chi connectivity index (χ3n) is 6.08. The van der Waals surface area contributed by atoms with Gasteiger partial charge in [0, 0.05) is 12.6 Å². The first-order chi connectivity index (χ1) is 16.6. The van der Waals surface area contributed by atoms with Crippen LogP contribution in [0.1, 0.15) is 30.1 Å². The van der Waals surface area contributed by atoms with Crippen molar-refractivity contribution in [3.8, 4) is 5.88 Å². The number of pyridine rings is 1. The molecule has 2 aliphatic rings. The van der Waals surface area contributed by atoms with Crippen molar-refractivity contribution in [2.45, 2.75) is 31.9 Å². The van der Waals surface area contributed by atoms with Gasteiger partial charge in [-0.25, -0.2) is 9.29 Å². The van der Waals surface area contributed by atoms with Gasteiger partial charge in [-0.3, -0.25) is 4.79 Å². The number of hydrogen-bond acceptors (Lipinski definition) is 7. The van der Waals surface area contributed by atoms with Crippen LogP contribution in [-0.4, -0.2) is 72.3 Å². The molecule has 1 fully saturated rings. The normalized spacial score (nSPS) is 22.9. The number of nitrogens with zero attached hydrogens (tertiary/aromatic N) is 3. The van der Waals surface area contributed by atoms with Crippen LogP contribution in [0.15, 0.2) is 30.5 Å². The Labute approximate surface area is 213 Å². The number of ether oxygens (including phenoxy) is 1. The van der Waals surface area contributed by atoms with E-state index in [1.165, 1.54) is 28.7 Å². The number of benzene rings is 1. The van der Waals surface area contributed by atoms with Crippen LogP contribution in [0.5, 0.6) is 5.88 Å². The van der Waals surface area contributed by atoms with E-state index in [1.807, 2.05) is 6.92 Å². The smallest absolute Gasteiger partial charge is 0.304 e. The number of carbonyl (C=O) groups is 1. The first-order valence-corrected chi connectivity index (χ1v) is 13.2. The van der Waals surface area contributed by atoms with Crippen LogP contribution >= 0.6 is 23.2 Å². The quantitative estimate of drug-likeness (QED) is 0.508. The summed E-state index contributed by atoms with van der Waals surface area (Å²) in [5, 5.41) is 22.5. The number of amides is 1. The second kappa shape index (κ2) is 10.5. The summed E-state index contributed by atoms with van der Waals surface area (Å²) in [6.07, 6.45) is 1.82. The Hall–Kier alpha value is -2.15. The maximum absolute atomic E-state index is 13.8. The molecule has 1 amide bonds. The highest BCUT2D eigenvalue weighted by molar-refractivity contribution is 7.90. The van der Waals surface area contributed by atoms with Crippen molar-refractivity contribution in [3.63, 3.8) is 0 Å². The van der Waals surface area contributed by atoms with Crippen LogP contribution in [0.2, 0.25) is 10.0 Å². The minimum absolute atomic E-state index is 0.00161. The highest BCUT2D eigenvalue weighted by atomic mass is 35.5. The van der Waals surface area contributed by atoms with Crippen LogP contribution in [0.3, 0.4) is 0 Å². The van der Waals surface area contributed by atoms with Gasteiger partial charge in [0.15, 0.2) is 0 Å². The number of hydrogen-bond donors (Lipinski definition) is 3. The standard InChI is InChI=1S/C22H26Cl2N4O6S/c1-13-5-6-15(11-29)27(9-13)35(32,33)28-10-16(12-30)34-22-19(28)7-14(8-25-22)26-21(31)20-17(23)3-2-4-18(20)24/h2-4,7-8,13,15-16,29-30H,5-6,9-12H2,1H3,(H,26,31)/t13-,15+,16+/m0/s1. The van der Waals surface area contributed by atoms with Crippen LogP contribution in [-0.2, 0) is 10.2 Å². The van der Waals surface area contributed by atoms with Crippen LogP contribution in [0.25, 0.3) is 0 Å². The fourth-order valence-corrected chi connectivity index (χ4v) is 6.79. The zero-order valence-electron chi connectivity index (χ0n) is 18.9. The lowest BCUT2D eigenvalue weighted by Gasteiger charge is -2.42. The van der Waals surface area contributed by atoms with Gasteiger partial charge in [-0.15, -0.1) is 0 Å². The van der Waals surface area contributed by atoms with Gasteiger partial charge in [0.2, 0.25) is 5.88 Å². The number of aromatic nitrogens is 1. The first-order valence-electron chi connectivity index (χ1n) is 11.1. The fraction of sp³-hybridized carbons (Fsp3) is 0.455. The lowest BCUT2D eigenvalue weighted by atomic mass is 9.97. The third kappa shape index (κ3) is 5.20. The van der Waals surface area contributed by atoms with E-state index in [0.717, 1.165) is 10.7 Å². The van der Waals surface area contributed by atoms with E-state index in [4.69, 9.17) is 27.9 Å². The van der Waals surface area contributed by atoms with Gasteiger partial charge in [0.05, 0.1) is 47.3 Å². The minimum atomic E-state index is -4.13. The predicted molar refractivity (Wildman–Crippen MR) is 132 cm³/mol. The van der Waals surface area contributed by atoms with Gasteiger partial charge in [-0.1, -0.05) is 36.2 Å². The molecule has 1 saturated heterocycles. The molecule has 1 aromatic carbocycles. The van der Waals surface area contributed by atoms with Gasteiger partial charge in [0.25, 0.3) is 5.91 Å². The molecule has 0 bridgehead atoms. The number of anilines is 2. The molecule has 3 N–H and O–H groups in total. The molecule has 3 atom stereocenters. The van der Waals surface area contributed by atoms with E-state index in [9.17, 15) is 23.4 Å². The molecule has 10 nitrogen and oxygen atoms in total. The number of fused-ring (bicyclic) bond motifs is 1. The third-order valence-corrected chi connectivity index (χ3v) is 8.65. The van der Waals surface area contributed by atoms with Gasteiger partial charge in [-0.05, 0) is 37.0 Å². The molecular formula is C22H26Cl2N4O6S. The number of carbonyl (C=O) groups excluding carboxylic acids is 1. The maximum Gasteiger partial charge on any atom is 0.304 e. The molecule has 3 heterocycles. The molecule has 0 spiro atoms. The molecule has 2 aliphatic heterocycles. The van der Waals surface area contributed by atoms with Gasteiger partial charge in [0.1, 0.15) is 11.8 Å². The van der Waals surface area contributed by atoms with E-state index in [-0.39, 0.29) is 58.5 Å². The Bertz CT molecular complexity index is 1190. The average Bonchev–Trinajstić information content (AvgIpc) is 2.83. The van der Waals surface area contributed by atoms with Gasteiger partial charge < -0.3 is 20.3 Å². The lowest BCUT2D eigenvalue weighted by molar-refractivity contribution is 0.102. The van der Waals surface area contributed by atoms with Crippen LogP contribution in [0.4, 0.5) is 11.4 Å². The second-order valence-electron chi connectivity index (χ2n) is 8.65. The summed E-state index contributed by atoms with van der Waals surface area (Å²) < 4.78 is 35.6. The van der Waals surface area contributed by atoms with Gasteiger partial charge in [-0.2, -0.15) is 12.7 Å². The Morgan fingerprint density at radius 2 is 1.91 bits per heavy atom. The molecule has 35 heavy (non-hydrogen) atoms. The molecule has 0 saturated carbocycles. The largest absolute Gasteiger partial charge is 0.468 e. The summed E-state index contributed by atoms with van der Waals surface area (Å²) in [6, 6.07) is 5.54. The van der Waals surface area contributed by atoms with Crippen molar-refractivity contribution in [1.29, 1.82) is 0 Å². The van der Waals surface area contributed by atoms with Crippen molar-refractivity contribution >= 4 is 50.7 Å². The maximum atomic E-state index is 13.8. The topological polar surface area (TPSA) is 132 Å². The lowest BCUT2D eigenvalue weighted by Crippen LogP contribution is -2.56. The summed E-state index contributed by atoms with van der Waals surface area (Å²) in [6.45, 7) is 1.31. The minimum Gasteiger partial charge on any atom is -0.468 e. The Morgan fingerprint density at radius 3 is 2.57 bits per heavy atom. The summed E-state index contributed by atoms with van der Waals surface area (Å²) in [4.78, 5) is 17.0. The number of piperidine rings is 1. The summed E-state index contributed by atoms with van der Waals surface area (Å²) in [5.41, 5.74) is 0.372. The zero-order valence-corrected chi connectivity index (χ0v) is 21.2. The molecule has 0 unspecified atom stereocenters. The predicted octanol–water partition coefficient (Wildman–Crippen LogP) is 2.54. The number of halogens is 2. The number of nitrogens with one attached hydrogen (secondary N) is 1. The Kier molecular flexibility index (Phi) is 7.74. The molecule has 1 aromatic heterocycles. The van der Waals surface area contributed by atoms with Crippen molar-refractivity contribution in [1.82, 2.24) is 9.29 Å². The number of rotatable bonds is 6. The van der Waals surface area contributed by atoms with Crippen molar-refractivity contribution < 1.29 is 28.2 Å². The second-order valence-corrected chi connectivity index (χ2v) is 11.3. The van der Waals surface area contributed by atoms with Crippen molar-refractivity contribution in [2.75, 3.05) is 35.9 Å². The monoisotopic (exact) mass is 544 g/mol. The highest BCUT2D eigenvalue weighted by Crippen LogP contribution is 2.38. The molecule has 4 rings (SSSR count). The zero-order chi connectivity index (χ0) is 25.3. The molecule has 0 aliphatic carbocycles. The Morgan fingerprint density at radius 1 is 1.20 bits per heavy atom. The summed E-state index contributed by atoms with van der Waals surface area (Å²) in [5.74, 6) is -0.476. The van der Waals surface area contributed by atoms with E-state index >= 15 is 0 Å². The number of aliphatic hydroxyl groups excluding tert-OH is 2. The fourth-order valence-electron chi connectivity index (χ4n) is 4.24. The molecule has 13 heteroatoms. The van der Waals surface area contributed by atoms with Gasteiger partial charge >= 0.3 is 10.2 Å². The summed E-state index contributed by atoms with van der Waals surface area (Å²) >= 11 is 12.3. The van der Waals surface area contributed by atoms with Crippen LogP contribution in [0, 0.1) is 5.92 Å². The molecule has 0 radical (unpaired) electrons. The van der Waals surface area contributed by atoms with Crippen molar-refractivity contribution in [3.05, 3.63) is 46.1 Å². The van der Waals surface area contributed by atoms with Crippen LogP contribution < -0.4 is 14.4 Å².